The van der Waals surface area contributed by atoms with E-state index in [0.29, 0.717) is 0 Å². The maximum atomic E-state index is 5.36. The van der Waals surface area contributed by atoms with E-state index >= 15 is 0 Å². The smallest absolute Gasteiger partial charge is 0.870 e. The molecule has 9 heavy (non-hydrogen) atoms. The van der Waals surface area contributed by atoms with Crippen LogP contribution in [0.4, 0.5) is 5.69 Å². The summed E-state index contributed by atoms with van der Waals surface area (Å²) in [6, 6.07) is 9.49. The molecule has 0 aliphatic rings. The van der Waals surface area contributed by atoms with E-state index in [0.717, 1.165) is 5.69 Å². The molecule has 0 amide bonds. The van der Waals surface area contributed by atoms with Crippen LogP contribution in [0, 0.1) is 0 Å². The van der Waals surface area contributed by atoms with Gasteiger partial charge in [0.25, 0.3) is 0 Å². The van der Waals surface area contributed by atoms with E-state index in [2.05, 4.69) is 0 Å². The van der Waals surface area contributed by atoms with Gasteiger partial charge in [-0.05, 0) is 12.1 Å². The molecule has 0 heterocycles. The Hall–Kier alpha value is -0.423. The monoisotopic (exact) mass is 117 g/mol. The van der Waals surface area contributed by atoms with Gasteiger partial charge in [-0.15, -0.1) is 0 Å². The van der Waals surface area contributed by atoms with E-state index < -0.39 is 0 Å². The van der Waals surface area contributed by atoms with Crippen molar-refractivity contribution in [2.45, 2.75) is 0 Å². The average Bonchev–Trinajstić information content (AvgIpc) is 1.69. The summed E-state index contributed by atoms with van der Waals surface area (Å²) in [6.45, 7) is 0. The van der Waals surface area contributed by atoms with Gasteiger partial charge in [0.05, 0.1) is 0 Å². The molecule has 0 saturated heterocycles. The first-order valence-corrected chi connectivity index (χ1v) is 2.20. The van der Waals surface area contributed by atoms with Gasteiger partial charge >= 0.3 is 18.9 Å². The Morgan fingerprint density at radius 2 is 1.44 bits per heavy atom. The van der Waals surface area contributed by atoms with Crippen molar-refractivity contribution in [1.29, 1.82) is 0 Å². The van der Waals surface area contributed by atoms with E-state index in [4.69, 9.17) is 5.73 Å². The van der Waals surface area contributed by atoms with Crippen LogP contribution in [0.25, 0.3) is 0 Å². The number of anilines is 1. The Labute approximate surface area is 66.5 Å². The summed E-state index contributed by atoms with van der Waals surface area (Å²) in [6.07, 6.45) is 0. The van der Waals surface area contributed by atoms with Crippen LogP contribution >= 0.6 is 0 Å². The van der Waals surface area contributed by atoms with E-state index in [-0.39, 0.29) is 24.3 Å². The molecule has 0 aliphatic carbocycles. The van der Waals surface area contributed by atoms with Crippen molar-refractivity contribution >= 4 is 5.69 Å². The van der Waals surface area contributed by atoms with E-state index in [9.17, 15) is 0 Å². The molecule has 3 heteroatoms. The first-order chi connectivity index (χ1) is 3.39. The standard InChI is InChI=1S/C6H7N.Li.H2O/c7-6-4-2-1-3-5-6;;/h1-5H,7H2;;1H2/q;+1;/p-1. The summed E-state index contributed by atoms with van der Waals surface area (Å²) < 4.78 is 0. The van der Waals surface area contributed by atoms with Crippen LogP contribution < -0.4 is 24.6 Å². The summed E-state index contributed by atoms with van der Waals surface area (Å²) in [5.74, 6) is 0. The molecule has 3 N–H and O–H groups in total. The number of nitrogens with two attached hydrogens (primary N) is 1. The molecule has 1 aromatic carbocycles. The molecule has 0 radical (unpaired) electrons. The molecule has 2 nitrogen and oxygen atoms in total. The van der Waals surface area contributed by atoms with Gasteiger partial charge in [0.1, 0.15) is 0 Å². The van der Waals surface area contributed by atoms with Crippen molar-refractivity contribution < 1.29 is 24.3 Å². The zero-order valence-corrected chi connectivity index (χ0v) is 5.41. The third kappa shape index (κ3) is 4.11. The number of hydrogen-bond acceptors (Lipinski definition) is 2. The number of para-hydroxylation sites is 1. The predicted octanol–water partition coefficient (Wildman–Crippen LogP) is -1.90. The van der Waals surface area contributed by atoms with Crippen LogP contribution in [-0.4, -0.2) is 5.48 Å². The van der Waals surface area contributed by atoms with Gasteiger partial charge in [0.2, 0.25) is 0 Å². The fraction of sp³-hybridized carbons (Fsp3) is 0. The normalized spacial score (nSPS) is 6.67. The molecule has 0 fully saturated rings. The van der Waals surface area contributed by atoms with E-state index in [1.54, 1.807) is 0 Å². The molecule has 0 spiro atoms. The Kier molecular flexibility index (Phi) is 7.22. The molecular formula is C6H8LiNO. The molecule has 0 aromatic heterocycles. The van der Waals surface area contributed by atoms with Crippen molar-refractivity contribution in [3.05, 3.63) is 30.3 Å². The zero-order chi connectivity index (χ0) is 5.11. The second-order valence-corrected chi connectivity index (χ2v) is 1.41. The van der Waals surface area contributed by atoms with Crippen molar-refractivity contribution in [1.82, 2.24) is 0 Å². The minimum Gasteiger partial charge on any atom is -0.870 e. The van der Waals surface area contributed by atoms with Crippen molar-refractivity contribution in [3.63, 3.8) is 0 Å². The van der Waals surface area contributed by atoms with Crippen molar-refractivity contribution in [2.75, 3.05) is 5.73 Å². The number of rotatable bonds is 0. The SMILES string of the molecule is Nc1ccccc1.[Li+].[OH-]. The van der Waals surface area contributed by atoms with Gasteiger partial charge in [-0.2, -0.15) is 0 Å². The number of benzene rings is 1. The molecule has 0 unspecified atom stereocenters. The van der Waals surface area contributed by atoms with Gasteiger partial charge < -0.3 is 11.2 Å². The van der Waals surface area contributed by atoms with Gasteiger partial charge in [0, 0.05) is 5.69 Å². The molecule has 0 saturated carbocycles. The predicted molar refractivity (Wildman–Crippen MR) is 32.8 cm³/mol. The van der Waals surface area contributed by atoms with Gasteiger partial charge in [0.15, 0.2) is 0 Å². The molecule has 1 rings (SSSR count). The van der Waals surface area contributed by atoms with E-state index in [1.165, 1.54) is 0 Å². The third-order valence-corrected chi connectivity index (χ3v) is 0.800. The van der Waals surface area contributed by atoms with E-state index in [1.807, 2.05) is 30.3 Å². The summed E-state index contributed by atoms with van der Waals surface area (Å²) in [5.41, 5.74) is 6.18. The summed E-state index contributed by atoms with van der Waals surface area (Å²) >= 11 is 0. The second kappa shape index (κ2) is 5.71. The number of hydrogen-bond donors (Lipinski definition) is 1. The molecular weight excluding hydrogens is 109 g/mol. The van der Waals surface area contributed by atoms with Crippen LogP contribution in [0.3, 0.4) is 0 Å². The molecule has 0 atom stereocenters. The summed E-state index contributed by atoms with van der Waals surface area (Å²) in [5, 5.41) is 0. The van der Waals surface area contributed by atoms with Gasteiger partial charge in [-0.3, -0.25) is 0 Å². The Morgan fingerprint density at radius 3 is 1.67 bits per heavy atom. The molecule has 0 aliphatic heterocycles. The molecule has 44 valence electrons. The van der Waals surface area contributed by atoms with Crippen molar-refractivity contribution in [2.24, 2.45) is 0 Å². The number of nitrogen functional groups attached to an aromatic ring is 1. The Morgan fingerprint density at radius 1 is 1.00 bits per heavy atom. The first-order valence-electron chi connectivity index (χ1n) is 2.20. The fourth-order valence-electron chi connectivity index (χ4n) is 0.453. The molecule has 0 bridgehead atoms. The topological polar surface area (TPSA) is 56.0 Å². The maximum Gasteiger partial charge on any atom is 1.00 e. The summed E-state index contributed by atoms with van der Waals surface area (Å²) in [4.78, 5) is 0. The summed E-state index contributed by atoms with van der Waals surface area (Å²) in [7, 11) is 0. The second-order valence-electron chi connectivity index (χ2n) is 1.41. The largest absolute Gasteiger partial charge is 1.00 e. The van der Waals surface area contributed by atoms with Crippen LogP contribution in [0.15, 0.2) is 30.3 Å². The maximum absolute atomic E-state index is 5.36. The van der Waals surface area contributed by atoms with Crippen LogP contribution in [-0.2, 0) is 0 Å². The van der Waals surface area contributed by atoms with Crippen LogP contribution in [0.5, 0.6) is 0 Å². The van der Waals surface area contributed by atoms with Crippen LogP contribution in [0.2, 0.25) is 0 Å². The molecule has 1 aromatic rings. The first kappa shape index (κ1) is 11.4. The fourth-order valence-corrected chi connectivity index (χ4v) is 0.453. The average molecular weight is 117 g/mol. The zero-order valence-electron chi connectivity index (χ0n) is 5.41. The van der Waals surface area contributed by atoms with Gasteiger partial charge in [-0.1, -0.05) is 18.2 Å². The van der Waals surface area contributed by atoms with Gasteiger partial charge in [-0.25, -0.2) is 0 Å². The Bertz CT molecular complexity index is 143. The minimum atomic E-state index is 0. The van der Waals surface area contributed by atoms with Crippen molar-refractivity contribution in [3.8, 4) is 0 Å². The van der Waals surface area contributed by atoms with Crippen LogP contribution in [0.1, 0.15) is 0 Å². The third-order valence-electron chi connectivity index (χ3n) is 0.800. The Balaban J connectivity index is 0. The minimum absolute atomic E-state index is 0. The quantitative estimate of drug-likeness (QED) is 0.318.